The Morgan fingerprint density at radius 3 is 2.16 bits per heavy atom. The van der Waals surface area contributed by atoms with Gasteiger partial charge in [0.2, 0.25) is 5.95 Å². The minimum atomic E-state index is -0.266. The fourth-order valence-electron chi connectivity index (χ4n) is 2.95. The van der Waals surface area contributed by atoms with Gasteiger partial charge in [-0.05, 0) is 57.2 Å². The number of amides is 1. The average molecular weight is 414 g/mol. The first kappa shape index (κ1) is 20.1. The lowest BCUT2D eigenvalue weighted by Crippen LogP contribution is -2.12. The van der Waals surface area contributed by atoms with Crippen molar-refractivity contribution < 1.29 is 9.32 Å². The van der Waals surface area contributed by atoms with Crippen molar-refractivity contribution in [3.05, 3.63) is 83.4 Å². The van der Waals surface area contributed by atoms with Crippen LogP contribution in [0.15, 0.2) is 65.3 Å². The van der Waals surface area contributed by atoms with Crippen LogP contribution in [0.4, 0.5) is 28.8 Å². The van der Waals surface area contributed by atoms with Gasteiger partial charge in [-0.1, -0.05) is 22.9 Å². The maximum atomic E-state index is 12.3. The zero-order chi connectivity index (χ0) is 21.8. The third kappa shape index (κ3) is 5.05. The van der Waals surface area contributed by atoms with Gasteiger partial charge >= 0.3 is 0 Å². The number of nitrogens with zero attached hydrogens (tertiary/aromatic N) is 3. The monoisotopic (exact) mass is 414 g/mol. The molecule has 0 aliphatic rings. The number of anilines is 5. The molecular formula is C23H22N6O2. The predicted molar refractivity (Wildman–Crippen MR) is 120 cm³/mol. The highest BCUT2D eigenvalue weighted by molar-refractivity contribution is 6.04. The van der Waals surface area contributed by atoms with Gasteiger partial charge in [-0.3, -0.25) is 4.79 Å². The Bertz CT molecular complexity index is 1200. The topological polar surface area (TPSA) is 105 Å². The number of hydrogen-bond acceptors (Lipinski definition) is 7. The van der Waals surface area contributed by atoms with Crippen molar-refractivity contribution in [3.63, 3.8) is 0 Å². The van der Waals surface area contributed by atoms with Crippen LogP contribution in [0.2, 0.25) is 0 Å². The smallest absolute Gasteiger partial charge is 0.260 e. The minimum absolute atomic E-state index is 0.266. The molecule has 2 aromatic carbocycles. The number of rotatable bonds is 6. The van der Waals surface area contributed by atoms with Crippen LogP contribution in [0.25, 0.3) is 0 Å². The largest absolute Gasteiger partial charge is 0.361 e. The second-order valence-corrected chi connectivity index (χ2v) is 7.16. The minimum Gasteiger partial charge on any atom is -0.361 e. The van der Waals surface area contributed by atoms with Crippen LogP contribution >= 0.6 is 0 Å². The molecule has 8 heteroatoms. The van der Waals surface area contributed by atoms with Crippen molar-refractivity contribution >= 4 is 34.7 Å². The van der Waals surface area contributed by atoms with Gasteiger partial charge in [0.15, 0.2) is 0 Å². The molecule has 0 atom stereocenters. The number of carbonyl (C=O) groups excluding carboxylic acids is 1. The van der Waals surface area contributed by atoms with Gasteiger partial charge in [-0.2, -0.15) is 4.98 Å². The molecule has 156 valence electrons. The standard InChI is InChI=1S/C23H22N6O2/c1-14-4-6-19(7-5-14)28-23-25-15(2)12-21(29-23)26-17-8-10-18(11-9-17)27-22(30)20-13-24-31-16(20)3/h4-13H,1-3H3,(H,27,30)(H2,25,26,28,29). The molecule has 2 heterocycles. The number of hydrogen-bond donors (Lipinski definition) is 3. The zero-order valence-electron chi connectivity index (χ0n) is 17.4. The van der Waals surface area contributed by atoms with Crippen molar-refractivity contribution in [1.29, 1.82) is 0 Å². The van der Waals surface area contributed by atoms with E-state index in [9.17, 15) is 4.79 Å². The van der Waals surface area contributed by atoms with Crippen LogP contribution < -0.4 is 16.0 Å². The summed E-state index contributed by atoms with van der Waals surface area (Å²) in [5.41, 5.74) is 4.85. The van der Waals surface area contributed by atoms with E-state index in [1.807, 2.05) is 68.4 Å². The molecule has 0 saturated heterocycles. The Morgan fingerprint density at radius 2 is 1.48 bits per heavy atom. The summed E-state index contributed by atoms with van der Waals surface area (Å²) in [5, 5.41) is 12.9. The number of benzene rings is 2. The van der Waals surface area contributed by atoms with Crippen LogP contribution in [0, 0.1) is 20.8 Å². The Kier molecular flexibility index (Phi) is 5.61. The van der Waals surface area contributed by atoms with Crippen LogP contribution in [0.5, 0.6) is 0 Å². The van der Waals surface area contributed by atoms with Crippen molar-refractivity contribution in [3.8, 4) is 0 Å². The van der Waals surface area contributed by atoms with E-state index in [1.165, 1.54) is 11.8 Å². The molecule has 0 radical (unpaired) electrons. The third-order valence-corrected chi connectivity index (χ3v) is 4.57. The summed E-state index contributed by atoms with van der Waals surface area (Å²) >= 11 is 0. The van der Waals surface area contributed by atoms with Gasteiger partial charge in [0.25, 0.3) is 5.91 Å². The summed E-state index contributed by atoms with van der Waals surface area (Å²) in [6.07, 6.45) is 1.40. The highest BCUT2D eigenvalue weighted by Gasteiger charge is 2.13. The van der Waals surface area contributed by atoms with Crippen LogP contribution in [-0.2, 0) is 0 Å². The van der Waals surface area contributed by atoms with Crippen LogP contribution in [0.1, 0.15) is 27.4 Å². The van der Waals surface area contributed by atoms with E-state index in [4.69, 9.17) is 4.52 Å². The van der Waals surface area contributed by atoms with E-state index in [2.05, 4.69) is 31.1 Å². The molecule has 0 bridgehead atoms. The summed E-state index contributed by atoms with van der Waals surface area (Å²) in [6, 6.07) is 17.2. The van der Waals surface area contributed by atoms with Gasteiger partial charge in [-0.15, -0.1) is 0 Å². The fourth-order valence-corrected chi connectivity index (χ4v) is 2.95. The Labute approximate surface area is 179 Å². The Balaban J connectivity index is 1.44. The van der Waals surface area contributed by atoms with E-state index in [0.717, 1.165) is 17.1 Å². The van der Waals surface area contributed by atoms with Gasteiger partial charge in [0.05, 0.1) is 6.20 Å². The van der Waals surface area contributed by atoms with E-state index in [-0.39, 0.29) is 5.91 Å². The summed E-state index contributed by atoms with van der Waals surface area (Å²) in [5.74, 6) is 1.39. The third-order valence-electron chi connectivity index (χ3n) is 4.57. The molecule has 0 fully saturated rings. The number of aryl methyl sites for hydroxylation is 3. The van der Waals surface area contributed by atoms with E-state index < -0.39 is 0 Å². The molecule has 0 spiro atoms. The molecule has 0 aliphatic carbocycles. The van der Waals surface area contributed by atoms with Crippen molar-refractivity contribution in [2.75, 3.05) is 16.0 Å². The summed E-state index contributed by atoms with van der Waals surface area (Å²) in [4.78, 5) is 21.3. The quantitative estimate of drug-likeness (QED) is 0.402. The molecule has 8 nitrogen and oxygen atoms in total. The van der Waals surface area contributed by atoms with Crippen molar-refractivity contribution in [1.82, 2.24) is 15.1 Å². The van der Waals surface area contributed by atoms with Crippen LogP contribution in [0.3, 0.4) is 0 Å². The molecule has 3 N–H and O–H groups in total. The molecule has 0 aliphatic heterocycles. The lowest BCUT2D eigenvalue weighted by Gasteiger charge is -2.11. The summed E-state index contributed by atoms with van der Waals surface area (Å²) in [6.45, 7) is 5.65. The van der Waals surface area contributed by atoms with Crippen LogP contribution in [-0.4, -0.2) is 21.0 Å². The first-order valence-corrected chi connectivity index (χ1v) is 9.75. The van der Waals surface area contributed by atoms with Gasteiger partial charge < -0.3 is 20.5 Å². The number of carbonyl (C=O) groups is 1. The fraction of sp³-hybridized carbons (Fsp3) is 0.130. The lowest BCUT2D eigenvalue weighted by atomic mass is 10.2. The highest BCUT2D eigenvalue weighted by Crippen LogP contribution is 2.21. The van der Waals surface area contributed by atoms with Crippen molar-refractivity contribution in [2.24, 2.45) is 0 Å². The molecular weight excluding hydrogens is 392 g/mol. The first-order chi connectivity index (χ1) is 15.0. The molecule has 1 amide bonds. The maximum absolute atomic E-state index is 12.3. The van der Waals surface area contributed by atoms with E-state index >= 15 is 0 Å². The predicted octanol–water partition coefficient (Wildman–Crippen LogP) is 5.13. The van der Waals surface area contributed by atoms with Gasteiger partial charge in [0, 0.05) is 28.8 Å². The zero-order valence-corrected chi connectivity index (χ0v) is 17.4. The number of nitrogens with one attached hydrogen (secondary N) is 3. The Morgan fingerprint density at radius 1 is 0.839 bits per heavy atom. The molecule has 0 unspecified atom stereocenters. The second kappa shape index (κ2) is 8.66. The van der Waals surface area contributed by atoms with Gasteiger partial charge in [-0.25, -0.2) is 4.98 Å². The summed E-state index contributed by atoms with van der Waals surface area (Å²) in [7, 11) is 0. The molecule has 4 aromatic rings. The normalized spacial score (nSPS) is 10.5. The average Bonchev–Trinajstić information content (AvgIpc) is 3.17. The van der Waals surface area contributed by atoms with E-state index in [1.54, 1.807) is 6.92 Å². The summed E-state index contributed by atoms with van der Waals surface area (Å²) < 4.78 is 4.93. The van der Waals surface area contributed by atoms with E-state index in [0.29, 0.717) is 28.8 Å². The molecule has 2 aromatic heterocycles. The highest BCUT2D eigenvalue weighted by atomic mass is 16.5. The second-order valence-electron chi connectivity index (χ2n) is 7.16. The molecule has 4 rings (SSSR count). The lowest BCUT2D eigenvalue weighted by molar-refractivity contribution is 0.102. The maximum Gasteiger partial charge on any atom is 0.260 e. The van der Waals surface area contributed by atoms with Gasteiger partial charge in [0.1, 0.15) is 17.1 Å². The molecule has 31 heavy (non-hydrogen) atoms. The first-order valence-electron chi connectivity index (χ1n) is 9.75. The SMILES string of the molecule is Cc1ccc(Nc2nc(C)cc(Nc3ccc(NC(=O)c4cnoc4C)cc3)n2)cc1. The number of aromatic nitrogens is 3. The Hall–Kier alpha value is -4.20. The molecule has 0 saturated carbocycles. The van der Waals surface area contributed by atoms with Crippen molar-refractivity contribution in [2.45, 2.75) is 20.8 Å².